The van der Waals surface area contributed by atoms with Crippen molar-refractivity contribution in [2.45, 2.75) is 19.1 Å². The molecule has 5 heteroatoms. The fourth-order valence-electron chi connectivity index (χ4n) is 1.90. The SMILES string of the molecule is CC(N)c1ccc(-c2ccc(C(F)(F)F)c(F)c2)cc1. The van der Waals surface area contributed by atoms with E-state index in [-0.39, 0.29) is 6.04 Å². The van der Waals surface area contributed by atoms with Crippen LogP contribution >= 0.6 is 0 Å². The van der Waals surface area contributed by atoms with Gasteiger partial charge in [0.25, 0.3) is 0 Å². The van der Waals surface area contributed by atoms with Crippen LogP contribution in [0.1, 0.15) is 24.1 Å². The molecule has 1 unspecified atom stereocenters. The maximum absolute atomic E-state index is 13.5. The molecule has 0 spiro atoms. The van der Waals surface area contributed by atoms with Crippen molar-refractivity contribution in [1.82, 2.24) is 0 Å². The topological polar surface area (TPSA) is 26.0 Å². The summed E-state index contributed by atoms with van der Waals surface area (Å²) < 4.78 is 50.9. The van der Waals surface area contributed by atoms with Crippen LogP contribution in [0.15, 0.2) is 42.5 Å². The predicted octanol–water partition coefficient (Wildman–Crippen LogP) is 4.53. The van der Waals surface area contributed by atoms with Gasteiger partial charge in [-0.1, -0.05) is 30.3 Å². The maximum Gasteiger partial charge on any atom is 0.419 e. The maximum atomic E-state index is 13.5. The normalized spacial score (nSPS) is 13.3. The van der Waals surface area contributed by atoms with Gasteiger partial charge in [0.15, 0.2) is 0 Å². The minimum atomic E-state index is -4.68. The Bertz CT molecular complexity index is 600. The number of hydrogen-bond donors (Lipinski definition) is 1. The summed E-state index contributed by atoms with van der Waals surface area (Å²) in [4.78, 5) is 0. The summed E-state index contributed by atoms with van der Waals surface area (Å²) in [5.74, 6) is -1.27. The van der Waals surface area contributed by atoms with Gasteiger partial charge in [0, 0.05) is 6.04 Å². The van der Waals surface area contributed by atoms with E-state index >= 15 is 0 Å². The Balaban J connectivity index is 2.37. The zero-order chi connectivity index (χ0) is 14.9. The van der Waals surface area contributed by atoms with Crippen molar-refractivity contribution >= 4 is 0 Å². The predicted molar refractivity (Wildman–Crippen MR) is 69.4 cm³/mol. The molecule has 0 saturated carbocycles. The summed E-state index contributed by atoms with van der Waals surface area (Å²) in [5, 5.41) is 0. The second kappa shape index (κ2) is 5.25. The molecule has 106 valence electrons. The molecule has 0 aliphatic rings. The first-order chi connectivity index (χ1) is 9.29. The minimum Gasteiger partial charge on any atom is -0.324 e. The van der Waals surface area contributed by atoms with Crippen molar-refractivity contribution in [3.05, 3.63) is 59.4 Å². The number of rotatable bonds is 2. The standard InChI is InChI=1S/C15H13F4N/c1-9(20)10-2-4-11(5-3-10)12-6-7-13(14(16)8-12)15(17,18)19/h2-9H,20H2,1H3. The van der Waals surface area contributed by atoms with E-state index in [2.05, 4.69) is 0 Å². The van der Waals surface area contributed by atoms with Crippen LogP contribution < -0.4 is 5.73 Å². The second-order valence-corrected chi connectivity index (χ2v) is 4.60. The zero-order valence-electron chi connectivity index (χ0n) is 10.7. The minimum absolute atomic E-state index is 0.131. The monoisotopic (exact) mass is 283 g/mol. The third-order valence-electron chi connectivity index (χ3n) is 3.04. The van der Waals surface area contributed by atoms with Gasteiger partial charge in [-0.05, 0) is 35.7 Å². The lowest BCUT2D eigenvalue weighted by Gasteiger charge is -2.10. The van der Waals surface area contributed by atoms with E-state index in [9.17, 15) is 17.6 Å². The third-order valence-corrected chi connectivity index (χ3v) is 3.04. The summed E-state index contributed by atoms with van der Waals surface area (Å²) in [6.45, 7) is 1.83. The van der Waals surface area contributed by atoms with Crippen LogP contribution in [0, 0.1) is 5.82 Å². The fourth-order valence-corrected chi connectivity index (χ4v) is 1.90. The van der Waals surface area contributed by atoms with Crippen LogP contribution in [-0.4, -0.2) is 0 Å². The highest BCUT2D eigenvalue weighted by Gasteiger charge is 2.33. The average Bonchev–Trinajstić information content (AvgIpc) is 2.37. The molecule has 1 nitrogen and oxygen atoms in total. The Morgan fingerprint density at radius 1 is 0.950 bits per heavy atom. The Morgan fingerprint density at radius 2 is 1.50 bits per heavy atom. The highest BCUT2D eigenvalue weighted by atomic mass is 19.4. The lowest BCUT2D eigenvalue weighted by Crippen LogP contribution is -2.07. The highest BCUT2D eigenvalue weighted by molar-refractivity contribution is 5.64. The van der Waals surface area contributed by atoms with Crippen molar-refractivity contribution < 1.29 is 17.6 Å². The van der Waals surface area contributed by atoms with E-state index in [1.54, 1.807) is 24.3 Å². The van der Waals surface area contributed by atoms with E-state index in [0.717, 1.165) is 17.7 Å². The largest absolute Gasteiger partial charge is 0.419 e. The van der Waals surface area contributed by atoms with Crippen LogP contribution in [0.5, 0.6) is 0 Å². The fraction of sp³-hybridized carbons (Fsp3) is 0.200. The van der Waals surface area contributed by atoms with Crippen molar-refractivity contribution in [3.63, 3.8) is 0 Å². The van der Waals surface area contributed by atoms with Crippen molar-refractivity contribution in [2.75, 3.05) is 0 Å². The summed E-state index contributed by atoms with van der Waals surface area (Å²) in [6.07, 6.45) is -4.68. The number of nitrogens with two attached hydrogens (primary N) is 1. The van der Waals surface area contributed by atoms with Gasteiger partial charge < -0.3 is 5.73 Å². The Labute approximate surface area is 114 Å². The van der Waals surface area contributed by atoms with E-state index in [4.69, 9.17) is 5.73 Å². The van der Waals surface area contributed by atoms with Gasteiger partial charge in [0.2, 0.25) is 0 Å². The molecule has 0 aliphatic heterocycles. The molecule has 0 saturated heterocycles. The summed E-state index contributed by atoms with van der Waals surface area (Å²) >= 11 is 0. The summed E-state index contributed by atoms with van der Waals surface area (Å²) in [7, 11) is 0. The molecule has 0 heterocycles. The quantitative estimate of drug-likeness (QED) is 0.805. The van der Waals surface area contributed by atoms with Crippen LogP contribution in [0.3, 0.4) is 0 Å². The van der Waals surface area contributed by atoms with Gasteiger partial charge in [0.05, 0.1) is 5.56 Å². The lowest BCUT2D eigenvalue weighted by atomic mass is 10.0. The molecule has 2 aromatic carbocycles. The van der Waals surface area contributed by atoms with Crippen LogP contribution in [0.4, 0.5) is 17.6 Å². The third kappa shape index (κ3) is 2.99. The van der Waals surface area contributed by atoms with Crippen LogP contribution in [-0.2, 0) is 6.18 Å². The first-order valence-electron chi connectivity index (χ1n) is 6.01. The molecule has 20 heavy (non-hydrogen) atoms. The van der Waals surface area contributed by atoms with Crippen LogP contribution in [0.25, 0.3) is 11.1 Å². The van der Waals surface area contributed by atoms with Gasteiger partial charge in [-0.25, -0.2) is 4.39 Å². The number of halogens is 4. The van der Waals surface area contributed by atoms with E-state index in [1.165, 1.54) is 6.07 Å². The second-order valence-electron chi connectivity index (χ2n) is 4.60. The Hall–Kier alpha value is -1.88. The first kappa shape index (κ1) is 14.5. The average molecular weight is 283 g/mol. The molecule has 1 atom stereocenters. The molecule has 2 aromatic rings. The number of hydrogen-bond acceptors (Lipinski definition) is 1. The summed E-state index contributed by atoms with van der Waals surface area (Å²) in [6, 6.07) is 9.74. The Kier molecular flexibility index (Phi) is 3.81. The molecule has 0 fully saturated rings. The van der Waals surface area contributed by atoms with Gasteiger partial charge in [-0.2, -0.15) is 13.2 Å². The molecule has 0 amide bonds. The summed E-state index contributed by atoms with van der Waals surface area (Å²) in [5.41, 5.74) is 6.39. The molecule has 0 aromatic heterocycles. The van der Waals surface area contributed by atoms with Crippen LogP contribution in [0.2, 0.25) is 0 Å². The van der Waals surface area contributed by atoms with E-state index < -0.39 is 17.6 Å². The Morgan fingerprint density at radius 3 is 1.95 bits per heavy atom. The first-order valence-corrected chi connectivity index (χ1v) is 6.01. The van der Waals surface area contributed by atoms with Gasteiger partial charge in [-0.3, -0.25) is 0 Å². The van der Waals surface area contributed by atoms with Crippen molar-refractivity contribution in [2.24, 2.45) is 5.73 Å². The van der Waals surface area contributed by atoms with Gasteiger partial charge in [0.1, 0.15) is 5.82 Å². The number of benzene rings is 2. The molecule has 0 radical (unpaired) electrons. The smallest absolute Gasteiger partial charge is 0.324 e. The highest BCUT2D eigenvalue weighted by Crippen LogP contribution is 2.33. The molecule has 2 rings (SSSR count). The zero-order valence-corrected chi connectivity index (χ0v) is 10.7. The molecule has 0 bridgehead atoms. The molecular weight excluding hydrogens is 270 g/mol. The van der Waals surface area contributed by atoms with Crippen molar-refractivity contribution in [3.8, 4) is 11.1 Å². The lowest BCUT2D eigenvalue weighted by molar-refractivity contribution is -0.139. The molecule has 2 N–H and O–H groups in total. The number of alkyl halides is 3. The molecular formula is C15H13F4N. The molecule has 0 aliphatic carbocycles. The van der Waals surface area contributed by atoms with Gasteiger partial charge >= 0.3 is 6.18 Å². The van der Waals surface area contributed by atoms with Crippen molar-refractivity contribution in [1.29, 1.82) is 0 Å². The van der Waals surface area contributed by atoms with E-state index in [0.29, 0.717) is 11.1 Å². The van der Waals surface area contributed by atoms with E-state index in [1.807, 2.05) is 6.92 Å². The van der Waals surface area contributed by atoms with Gasteiger partial charge in [-0.15, -0.1) is 0 Å².